The maximum Gasteiger partial charge on any atom is 0.339 e. The molecule has 1 fully saturated rings. The lowest BCUT2D eigenvalue weighted by Crippen LogP contribution is -2.46. The van der Waals surface area contributed by atoms with Crippen LogP contribution < -0.4 is 9.64 Å². The van der Waals surface area contributed by atoms with Crippen molar-refractivity contribution in [1.29, 1.82) is 0 Å². The first-order valence-electron chi connectivity index (χ1n) is 7.58. The second kappa shape index (κ2) is 5.93. The van der Waals surface area contributed by atoms with Crippen LogP contribution in [0, 0.1) is 0 Å². The molecule has 1 aromatic rings. The van der Waals surface area contributed by atoms with E-state index in [1.54, 1.807) is 12.1 Å². The summed E-state index contributed by atoms with van der Waals surface area (Å²) in [6.45, 7) is 4.25. The van der Waals surface area contributed by atoms with Crippen molar-refractivity contribution in [2.24, 2.45) is 0 Å². The number of fused-ring (bicyclic) bond motifs is 1. The van der Waals surface area contributed by atoms with Crippen LogP contribution in [0.2, 0.25) is 0 Å². The Labute approximate surface area is 124 Å². The highest BCUT2D eigenvalue weighted by atomic mass is 16.5. The predicted octanol–water partition coefficient (Wildman–Crippen LogP) is 2.54. The lowest BCUT2D eigenvalue weighted by molar-refractivity contribution is 0.00396. The molecule has 1 N–H and O–H groups in total. The molecule has 2 atom stereocenters. The Morgan fingerprint density at radius 1 is 1.43 bits per heavy atom. The summed E-state index contributed by atoms with van der Waals surface area (Å²) >= 11 is 0. The SMILES string of the molecule is CCC1CC(N2CCOc3c(C(=O)O)cccc32)CCO1. The van der Waals surface area contributed by atoms with Gasteiger partial charge in [0.05, 0.1) is 18.3 Å². The normalized spacial score (nSPS) is 25.1. The van der Waals surface area contributed by atoms with E-state index < -0.39 is 5.97 Å². The van der Waals surface area contributed by atoms with Gasteiger partial charge in [0.1, 0.15) is 12.2 Å². The minimum atomic E-state index is -0.938. The number of anilines is 1. The van der Waals surface area contributed by atoms with E-state index in [0.717, 1.165) is 38.1 Å². The maximum absolute atomic E-state index is 11.3. The van der Waals surface area contributed by atoms with Crippen molar-refractivity contribution in [3.05, 3.63) is 23.8 Å². The van der Waals surface area contributed by atoms with E-state index in [0.29, 0.717) is 24.5 Å². The average molecular weight is 291 g/mol. The topological polar surface area (TPSA) is 59.0 Å². The van der Waals surface area contributed by atoms with Crippen LogP contribution in [0.3, 0.4) is 0 Å². The van der Waals surface area contributed by atoms with Gasteiger partial charge < -0.3 is 19.5 Å². The number of carboxylic acids is 1. The summed E-state index contributed by atoms with van der Waals surface area (Å²) in [5.74, 6) is -0.428. The number of carboxylic acid groups (broad SMARTS) is 1. The molecule has 0 radical (unpaired) electrons. The van der Waals surface area contributed by atoms with Crippen molar-refractivity contribution >= 4 is 11.7 Å². The highest BCUT2D eigenvalue weighted by Gasteiger charge is 2.31. The summed E-state index contributed by atoms with van der Waals surface area (Å²) in [5, 5.41) is 9.30. The molecule has 0 saturated carbocycles. The van der Waals surface area contributed by atoms with E-state index in [2.05, 4.69) is 11.8 Å². The van der Waals surface area contributed by atoms with Gasteiger partial charge in [-0.05, 0) is 31.4 Å². The molecule has 5 nitrogen and oxygen atoms in total. The van der Waals surface area contributed by atoms with E-state index in [1.165, 1.54) is 0 Å². The van der Waals surface area contributed by atoms with Crippen molar-refractivity contribution in [2.45, 2.75) is 38.3 Å². The third-order valence-corrected chi connectivity index (χ3v) is 4.35. The zero-order valence-corrected chi connectivity index (χ0v) is 12.2. The van der Waals surface area contributed by atoms with Gasteiger partial charge in [-0.15, -0.1) is 0 Å². The van der Waals surface area contributed by atoms with E-state index >= 15 is 0 Å². The van der Waals surface area contributed by atoms with Gasteiger partial charge in [-0.1, -0.05) is 13.0 Å². The van der Waals surface area contributed by atoms with Gasteiger partial charge in [0, 0.05) is 12.6 Å². The molecule has 114 valence electrons. The van der Waals surface area contributed by atoms with Crippen LogP contribution in [0.1, 0.15) is 36.5 Å². The summed E-state index contributed by atoms with van der Waals surface area (Å²) in [5.41, 5.74) is 1.15. The molecule has 2 unspecified atom stereocenters. The zero-order valence-electron chi connectivity index (χ0n) is 12.2. The van der Waals surface area contributed by atoms with Gasteiger partial charge in [0.15, 0.2) is 5.75 Å². The third kappa shape index (κ3) is 2.70. The molecule has 0 spiro atoms. The van der Waals surface area contributed by atoms with Crippen molar-refractivity contribution in [2.75, 3.05) is 24.7 Å². The summed E-state index contributed by atoms with van der Waals surface area (Å²) in [6, 6.07) is 5.75. The number of benzene rings is 1. The van der Waals surface area contributed by atoms with Crippen molar-refractivity contribution < 1.29 is 19.4 Å². The zero-order chi connectivity index (χ0) is 14.8. The van der Waals surface area contributed by atoms with Crippen LogP contribution in [-0.4, -0.2) is 43.0 Å². The van der Waals surface area contributed by atoms with Crippen molar-refractivity contribution in [3.63, 3.8) is 0 Å². The van der Waals surface area contributed by atoms with Gasteiger partial charge in [0.25, 0.3) is 0 Å². The minimum absolute atomic E-state index is 0.247. The van der Waals surface area contributed by atoms with Crippen molar-refractivity contribution in [3.8, 4) is 5.75 Å². The Morgan fingerprint density at radius 3 is 3.05 bits per heavy atom. The monoisotopic (exact) mass is 291 g/mol. The Kier molecular flexibility index (Phi) is 4.01. The Balaban J connectivity index is 1.90. The predicted molar refractivity (Wildman–Crippen MR) is 79.3 cm³/mol. The molecule has 2 aliphatic rings. The number of nitrogens with zero attached hydrogens (tertiary/aromatic N) is 1. The number of para-hydroxylation sites is 1. The number of rotatable bonds is 3. The first kappa shape index (κ1) is 14.2. The third-order valence-electron chi connectivity index (χ3n) is 4.35. The summed E-state index contributed by atoms with van der Waals surface area (Å²) in [6.07, 6.45) is 3.29. The fourth-order valence-electron chi connectivity index (χ4n) is 3.24. The molecule has 2 aliphatic heterocycles. The lowest BCUT2D eigenvalue weighted by Gasteiger charge is -2.41. The van der Waals surface area contributed by atoms with E-state index in [9.17, 15) is 9.90 Å². The molecule has 3 rings (SSSR count). The van der Waals surface area contributed by atoms with Crippen LogP contribution in [-0.2, 0) is 4.74 Å². The smallest absolute Gasteiger partial charge is 0.339 e. The first-order valence-corrected chi connectivity index (χ1v) is 7.58. The standard InChI is InChI=1S/C16H21NO4/c1-2-12-10-11(6-8-20-12)17-7-9-21-15-13(16(18)19)4-3-5-14(15)17/h3-5,11-12H,2,6-10H2,1H3,(H,18,19). The minimum Gasteiger partial charge on any atom is -0.489 e. The van der Waals surface area contributed by atoms with Gasteiger partial charge in [-0.2, -0.15) is 0 Å². The maximum atomic E-state index is 11.3. The molecule has 0 aromatic heterocycles. The summed E-state index contributed by atoms with van der Waals surface area (Å²) in [4.78, 5) is 13.6. The average Bonchev–Trinajstić information content (AvgIpc) is 2.53. The molecule has 21 heavy (non-hydrogen) atoms. The van der Waals surface area contributed by atoms with E-state index in [1.807, 2.05) is 6.07 Å². The fourth-order valence-corrected chi connectivity index (χ4v) is 3.24. The van der Waals surface area contributed by atoms with E-state index in [4.69, 9.17) is 9.47 Å². The Hall–Kier alpha value is -1.75. The second-order valence-electron chi connectivity index (χ2n) is 5.58. The number of hydrogen-bond acceptors (Lipinski definition) is 4. The number of carbonyl (C=O) groups is 1. The molecule has 0 bridgehead atoms. The highest BCUT2D eigenvalue weighted by Crippen LogP contribution is 2.38. The molecule has 1 aromatic carbocycles. The summed E-state index contributed by atoms with van der Waals surface area (Å²) in [7, 11) is 0. The Morgan fingerprint density at radius 2 is 2.29 bits per heavy atom. The number of hydrogen-bond donors (Lipinski definition) is 1. The fraction of sp³-hybridized carbons (Fsp3) is 0.562. The number of aromatic carboxylic acids is 1. The van der Waals surface area contributed by atoms with Crippen LogP contribution in [0.15, 0.2) is 18.2 Å². The van der Waals surface area contributed by atoms with Crippen LogP contribution >= 0.6 is 0 Å². The van der Waals surface area contributed by atoms with E-state index in [-0.39, 0.29) is 5.56 Å². The van der Waals surface area contributed by atoms with Gasteiger partial charge in [-0.3, -0.25) is 0 Å². The largest absolute Gasteiger partial charge is 0.489 e. The van der Waals surface area contributed by atoms with Crippen LogP contribution in [0.25, 0.3) is 0 Å². The Bertz CT molecular complexity index is 531. The molecule has 5 heteroatoms. The first-order chi connectivity index (χ1) is 10.2. The summed E-state index contributed by atoms with van der Waals surface area (Å²) < 4.78 is 11.4. The molecule has 0 aliphatic carbocycles. The van der Waals surface area contributed by atoms with Gasteiger partial charge >= 0.3 is 5.97 Å². The lowest BCUT2D eigenvalue weighted by atomic mass is 9.98. The molecule has 1 saturated heterocycles. The molecular formula is C16H21NO4. The quantitative estimate of drug-likeness (QED) is 0.927. The van der Waals surface area contributed by atoms with Crippen LogP contribution in [0.4, 0.5) is 5.69 Å². The van der Waals surface area contributed by atoms with Crippen LogP contribution in [0.5, 0.6) is 5.75 Å². The van der Waals surface area contributed by atoms with Gasteiger partial charge in [0.2, 0.25) is 0 Å². The molecule has 2 heterocycles. The van der Waals surface area contributed by atoms with Crippen molar-refractivity contribution in [1.82, 2.24) is 0 Å². The molecule has 0 amide bonds. The molecular weight excluding hydrogens is 270 g/mol. The number of ether oxygens (including phenoxy) is 2. The second-order valence-corrected chi connectivity index (χ2v) is 5.58. The highest BCUT2D eigenvalue weighted by molar-refractivity contribution is 5.93. The van der Waals surface area contributed by atoms with Gasteiger partial charge in [-0.25, -0.2) is 4.79 Å².